The minimum Gasteiger partial charge on any atom is -0.496 e. The van der Waals surface area contributed by atoms with Crippen LogP contribution in [0.3, 0.4) is 0 Å². The number of carbonyl (C=O) groups is 1. The number of amides is 1. The van der Waals surface area contributed by atoms with Gasteiger partial charge in [0.2, 0.25) is 5.91 Å². The number of carbonyl (C=O) groups excluding carboxylic acids is 1. The zero-order chi connectivity index (χ0) is 21.9. The quantitative estimate of drug-likeness (QED) is 0.463. The highest BCUT2D eigenvalue weighted by molar-refractivity contribution is 5.78. The fourth-order valence-corrected chi connectivity index (χ4v) is 4.34. The number of hydrogen-bond donors (Lipinski definition) is 0. The Morgan fingerprint density at radius 2 is 1.66 bits per heavy atom. The van der Waals surface area contributed by atoms with Gasteiger partial charge in [-0.05, 0) is 29.7 Å². The first-order chi connectivity index (χ1) is 15.7. The molecule has 0 bridgehead atoms. The van der Waals surface area contributed by atoms with Crippen LogP contribution >= 0.6 is 0 Å². The van der Waals surface area contributed by atoms with E-state index < -0.39 is 0 Å². The summed E-state index contributed by atoms with van der Waals surface area (Å²) >= 11 is 0. The van der Waals surface area contributed by atoms with Crippen LogP contribution in [0.15, 0.2) is 84.9 Å². The molecule has 3 aromatic carbocycles. The van der Waals surface area contributed by atoms with Crippen LogP contribution < -0.4 is 4.74 Å². The lowest BCUT2D eigenvalue weighted by atomic mass is 9.98. The molecule has 1 aliphatic rings. The van der Waals surface area contributed by atoms with Gasteiger partial charge in [-0.15, -0.1) is 0 Å². The molecule has 1 aliphatic heterocycles. The molecule has 0 spiro atoms. The van der Waals surface area contributed by atoms with Crippen LogP contribution in [0.5, 0.6) is 5.75 Å². The number of ether oxygens (including phenoxy) is 1. The molecule has 2 heterocycles. The van der Waals surface area contributed by atoms with Crippen LogP contribution in [0.4, 0.5) is 0 Å². The molecular formula is C27H25N3O2. The summed E-state index contributed by atoms with van der Waals surface area (Å²) < 4.78 is 7.33. The van der Waals surface area contributed by atoms with Crippen molar-refractivity contribution in [3.63, 3.8) is 0 Å². The summed E-state index contributed by atoms with van der Waals surface area (Å²) in [7, 11) is 1.69. The third-order valence-electron chi connectivity index (χ3n) is 6.00. The Morgan fingerprint density at radius 3 is 2.38 bits per heavy atom. The molecule has 0 aliphatic carbocycles. The van der Waals surface area contributed by atoms with E-state index in [1.54, 1.807) is 7.11 Å². The molecule has 0 saturated heterocycles. The highest BCUT2D eigenvalue weighted by Gasteiger charge is 2.24. The van der Waals surface area contributed by atoms with Gasteiger partial charge in [0.25, 0.3) is 0 Å². The van der Waals surface area contributed by atoms with E-state index >= 15 is 0 Å². The molecule has 5 nitrogen and oxygen atoms in total. The number of rotatable bonds is 5. The van der Waals surface area contributed by atoms with Crippen LogP contribution in [0, 0.1) is 0 Å². The van der Waals surface area contributed by atoms with Gasteiger partial charge < -0.3 is 9.64 Å². The Labute approximate surface area is 187 Å². The number of nitrogens with zero attached hydrogens (tertiary/aromatic N) is 3. The molecule has 1 amide bonds. The molecule has 5 rings (SSSR count). The van der Waals surface area contributed by atoms with E-state index in [0.29, 0.717) is 13.1 Å². The third kappa shape index (κ3) is 3.89. The minimum atomic E-state index is 0.0679. The molecule has 5 heteroatoms. The lowest BCUT2D eigenvalue weighted by Gasteiger charge is -2.30. The Balaban J connectivity index is 1.43. The summed E-state index contributed by atoms with van der Waals surface area (Å²) in [5.74, 6) is 0.971. The second kappa shape index (κ2) is 8.71. The molecular weight excluding hydrogens is 398 g/mol. The maximum atomic E-state index is 13.3. The molecule has 0 unspecified atom stereocenters. The first kappa shape index (κ1) is 20.1. The average Bonchev–Trinajstić information content (AvgIpc) is 3.28. The zero-order valence-electron chi connectivity index (χ0n) is 18.1. The van der Waals surface area contributed by atoms with E-state index in [1.165, 1.54) is 5.56 Å². The normalized spacial score (nSPS) is 13.0. The van der Waals surface area contributed by atoms with Crippen LogP contribution in [0.25, 0.3) is 22.5 Å². The maximum absolute atomic E-state index is 13.3. The molecule has 4 aromatic rings. The summed E-state index contributed by atoms with van der Waals surface area (Å²) in [6.07, 6.45) is 0.797. The third-order valence-corrected chi connectivity index (χ3v) is 6.00. The van der Waals surface area contributed by atoms with E-state index in [0.717, 1.165) is 40.2 Å². The predicted molar refractivity (Wildman–Crippen MR) is 125 cm³/mol. The van der Waals surface area contributed by atoms with Gasteiger partial charge in [-0.25, -0.2) is 0 Å². The Bertz CT molecular complexity index is 1230. The molecule has 32 heavy (non-hydrogen) atoms. The van der Waals surface area contributed by atoms with Gasteiger partial charge in [-0.3, -0.25) is 9.48 Å². The summed E-state index contributed by atoms with van der Waals surface area (Å²) in [4.78, 5) is 15.2. The molecule has 0 radical (unpaired) electrons. The second-order valence-electron chi connectivity index (χ2n) is 7.97. The summed E-state index contributed by atoms with van der Waals surface area (Å²) in [5.41, 5.74) is 6.24. The number of hydrogen-bond acceptors (Lipinski definition) is 3. The minimum absolute atomic E-state index is 0.0679. The van der Waals surface area contributed by atoms with Crippen LogP contribution in [0.1, 0.15) is 11.1 Å². The van der Waals surface area contributed by atoms with E-state index in [1.807, 2.05) is 70.2 Å². The Kier molecular flexibility index (Phi) is 5.46. The largest absolute Gasteiger partial charge is 0.496 e. The highest BCUT2D eigenvalue weighted by atomic mass is 16.5. The molecule has 1 aromatic heterocycles. The van der Waals surface area contributed by atoms with Crippen molar-refractivity contribution in [2.75, 3.05) is 13.7 Å². The standard InChI is InChI=1S/C27H25N3O2/c1-32-26-14-8-13-22-18-29(16-15-23(22)26)27(31)19-30-25(21-11-6-3-7-12-21)17-24(28-30)20-9-4-2-5-10-20/h2-14,17H,15-16,18-19H2,1H3. The van der Waals surface area contributed by atoms with Crippen LogP contribution in [-0.4, -0.2) is 34.2 Å². The highest BCUT2D eigenvalue weighted by Crippen LogP contribution is 2.29. The second-order valence-corrected chi connectivity index (χ2v) is 7.97. The fraction of sp³-hybridized carbons (Fsp3) is 0.185. The van der Waals surface area contributed by atoms with Crippen LogP contribution in [0.2, 0.25) is 0 Å². The van der Waals surface area contributed by atoms with Crippen molar-refractivity contribution in [1.29, 1.82) is 0 Å². The van der Waals surface area contributed by atoms with Gasteiger partial charge >= 0.3 is 0 Å². The van der Waals surface area contributed by atoms with Crippen molar-refractivity contribution < 1.29 is 9.53 Å². The first-order valence-corrected chi connectivity index (χ1v) is 10.8. The van der Waals surface area contributed by atoms with Gasteiger partial charge in [-0.1, -0.05) is 72.8 Å². The van der Waals surface area contributed by atoms with Gasteiger partial charge in [0.1, 0.15) is 12.3 Å². The monoisotopic (exact) mass is 423 g/mol. The predicted octanol–water partition coefficient (Wildman–Crippen LogP) is 4.81. The van der Waals surface area contributed by atoms with Crippen molar-refractivity contribution in [3.8, 4) is 28.3 Å². The number of fused-ring (bicyclic) bond motifs is 1. The lowest BCUT2D eigenvalue weighted by molar-refractivity contribution is -0.132. The number of benzene rings is 3. The number of aromatic nitrogens is 2. The van der Waals surface area contributed by atoms with E-state index in [9.17, 15) is 4.79 Å². The summed E-state index contributed by atoms with van der Waals surface area (Å²) in [6.45, 7) is 1.48. The van der Waals surface area contributed by atoms with Crippen LogP contribution in [-0.2, 0) is 24.3 Å². The Morgan fingerprint density at radius 1 is 0.938 bits per heavy atom. The fourth-order valence-electron chi connectivity index (χ4n) is 4.34. The van der Waals surface area contributed by atoms with Gasteiger partial charge in [0, 0.05) is 24.2 Å². The smallest absolute Gasteiger partial charge is 0.244 e. The summed E-state index contributed by atoms with van der Waals surface area (Å²) in [5, 5.41) is 4.81. The van der Waals surface area contributed by atoms with Crippen molar-refractivity contribution in [3.05, 3.63) is 96.1 Å². The van der Waals surface area contributed by atoms with Crippen molar-refractivity contribution in [1.82, 2.24) is 14.7 Å². The van der Waals surface area contributed by atoms with E-state index in [2.05, 4.69) is 24.3 Å². The molecule has 0 atom stereocenters. The van der Waals surface area contributed by atoms with Crippen molar-refractivity contribution >= 4 is 5.91 Å². The van der Waals surface area contributed by atoms with E-state index in [4.69, 9.17) is 9.84 Å². The average molecular weight is 424 g/mol. The Hall–Kier alpha value is -3.86. The summed E-state index contributed by atoms with van der Waals surface area (Å²) in [6, 6.07) is 28.3. The van der Waals surface area contributed by atoms with Crippen molar-refractivity contribution in [2.24, 2.45) is 0 Å². The van der Waals surface area contributed by atoms with Gasteiger partial charge in [0.15, 0.2) is 0 Å². The first-order valence-electron chi connectivity index (χ1n) is 10.8. The van der Waals surface area contributed by atoms with Gasteiger partial charge in [0.05, 0.1) is 18.5 Å². The SMILES string of the molecule is COc1cccc2c1CCN(C(=O)Cn1nc(-c3ccccc3)cc1-c1ccccc1)C2. The molecule has 0 saturated carbocycles. The molecule has 160 valence electrons. The molecule has 0 fully saturated rings. The lowest BCUT2D eigenvalue weighted by Crippen LogP contribution is -2.38. The van der Waals surface area contributed by atoms with E-state index in [-0.39, 0.29) is 12.5 Å². The van der Waals surface area contributed by atoms with Crippen molar-refractivity contribution in [2.45, 2.75) is 19.5 Å². The maximum Gasteiger partial charge on any atom is 0.244 e. The number of methoxy groups -OCH3 is 1. The zero-order valence-corrected chi connectivity index (χ0v) is 18.1. The van der Waals surface area contributed by atoms with Gasteiger partial charge in [-0.2, -0.15) is 5.10 Å². The topological polar surface area (TPSA) is 47.4 Å². The molecule has 0 N–H and O–H groups in total.